The molecule has 0 saturated carbocycles. The van der Waals surface area contributed by atoms with E-state index in [9.17, 15) is 14.4 Å². The molecule has 3 aromatic rings. The molecular weight excluding hydrogens is 402 g/mol. The number of ether oxygens (including phenoxy) is 1. The molecule has 0 bridgehead atoms. The van der Waals surface area contributed by atoms with E-state index in [0.717, 1.165) is 22.2 Å². The van der Waals surface area contributed by atoms with Crippen LogP contribution in [0.2, 0.25) is 0 Å². The first-order valence-corrected chi connectivity index (χ1v) is 10.7. The zero-order chi connectivity index (χ0) is 21.3. The molecule has 30 heavy (non-hydrogen) atoms. The fourth-order valence-corrected chi connectivity index (χ4v) is 4.30. The molecular formula is C22H23N3O4S. The number of amides is 2. The van der Waals surface area contributed by atoms with E-state index in [1.54, 1.807) is 28.0 Å². The molecule has 1 N–H and O–H groups in total. The molecule has 1 aliphatic heterocycles. The average molecular weight is 426 g/mol. The van der Waals surface area contributed by atoms with Crippen molar-refractivity contribution in [2.75, 3.05) is 32.8 Å². The van der Waals surface area contributed by atoms with Gasteiger partial charge in [-0.2, -0.15) is 0 Å². The van der Waals surface area contributed by atoms with Crippen molar-refractivity contribution in [3.8, 4) is 0 Å². The van der Waals surface area contributed by atoms with Crippen molar-refractivity contribution in [2.24, 2.45) is 0 Å². The lowest BCUT2D eigenvalue weighted by atomic mass is 10.1. The summed E-state index contributed by atoms with van der Waals surface area (Å²) in [6.45, 7) is 5.48. The average Bonchev–Trinajstić information content (AvgIpc) is 3.40. The van der Waals surface area contributed by atoms with Crippen LogP contribution in [0.1, 0.15) is 31.3 Å². The standard InChI is InChI=1S/C22H23N3O4S/c1-14-15(2)23-18-6-5-16(12-17(14)18)22(28)29-13-20(26)24-7-9-25(10-8-24)21(27)19-4-3-11-30-19/h3-6,11-12,23H,7-10,13H2,1-2H3. The number of esters is 1. The minimum atomic E-state index is -0.519. The summed E-state index contributed by atoms with van der Waals surface area (Å²) in [7, 11) is 0. The Bertz CT molecular complexity index is 1100. The van der Waals surface area contributed by atoms with Gasteiger partial charge in [0.05, 0.1) is 10.4 Å². The zero-order valence-corrected chi connectivity index (χ0v) is 17.8. The fraction of sp³-hybridized carbons (Fsp3) is 0.318. The Labute approximate surface area is 178 Å². The molecule has 1 aliphatic rings. The molecule has 3 heterocycles. The number of fused-ring (bicyclic) bond motifs is 1. The zero-order valence-electron chi connectivity index (χ0n) is 16.9. The van der Waals surface area contributed by atoms with Crippen molar-refractivity contribution in [2.45, 2.75) is 13.8 Å². The summed E-state index contributed by atoms with van der Waals surface area (Å²) in [6, 6.07) is 8.98. The molecule has 2 amide bonds. The van der Waals surface area contributed by atoms with Crippen LogP contribution in [-0.2, 0) is 9.53 Å². The van der Waals surface area contributed by atoms with Gasteiger partial charge in [0, 0.05) is 42.8 Å². The summed E-state index contributed by atoms with van der Waals surface area (Å²) in [6.07, 6.45) is 0. The van der Waals surface area contributed by atoms with Crippen LogP contribution in [0.15, 0.2) is 35.7 Å². The summed E-state index contributed by atoms with van der Waals surface area (Å²) in [5, 5.41) is 2.84. The minimum absolute atomic E-state index is 0.00536. The topological polar surface area (TPSA) is 82.7 Å². The maximum Gasteiger partial charge on any atom is 0.338 e. The summed E-state index contributed by atoms with van der Waals surface area (Å²) in [4.78, 5) is 44.6. The number of aromatic amines is 1. The Morgan fingerprint density at radius 2 is 1.80 bits per heavy atom. The number of hydrogen-bond acceptors (Lipinski definition) is 5. The quantitative estimate of drug-likeness (QED) is 0.652. The molecule has 0 radical (unpaired) electrons. The van der Waals surface area contributed by atoms with Gasteiger partial charge in [-0.15, -0.1) is 11.3 Å². The van der Waals surface area contributed by atoms with Gasteiger partial charge in [0.1, 0.15) is 0 Å². The fourth-order valence-electron chi connectivity index (χ4n) is 3.61. The highest BCUT2D eigenvalue weighted by Gasteiger charge is 2.26. The van der Waals surface area contributed by atoms with E-state index < -0.39 is 5.97 Å². The largest absolute Gasteiger partial charge is 0.452 e. The highest BCUT2D eigenvalue weighted by Crippen LogP contribution is 2.22. The van der Waals surface area contributed by atoms with Crippen molar-refractivity contribution in [3.05, 3.63) is 57.4 Å². The molecule has 0 spiro atoms. The molecule has 7 nitrogen and oxygen atoms in total. The smallest absolute Gasteiger partial charge is 0.338 e. The number of nitrogens with one attached hydrogen (secondary N) is 1. The lowest BCUT2D eigenvalue weighted by Crippen LogP contribution is -2.51. The number of piperazine rings is 1. The van der Waals surface area contributed by atoms with E-state index in [4.69, 9.17) is 4.74 Å². The number of carbonyl (C=O) groups excluding carboxylic acids is 3. The summed E-state index contributed by atoms with van der Waals surface area (Å²) >= 11 is 1.41. The second-order valence-corrected chi connectivity index (χ2v) is 8.31. The van der Waals surface area contributed by atoms with E-state index in [1.807, 2.05) is 31.4 Å². The third-order valence-corrected chi connectivity index (χ3v) is 6.38. The third kappa shape index (κ3) is 3.95. The SMILES string of the molecule is Cc1[nH]c2ccc(C(=O)OCC(=O)N3CCN(C(=O)c4cccs4)CC3)cc2c1C. The number of aryl methyl sites for hydroxylation is 2. The van der Waals surface area contributed by atoms with Gasteiger partial charge in [-0.3, -0.25) is 9.59 Å². The lowest BCUT2D eigenvalue weighted by Gasteiger charge is -2.34. The number of nitrogens with zero attached hydrogens (tertiary/aromatic N) is 2. The van der Waals surface area contributed by atoms with Crippen LogP contribution in [0.5, 0.6) is 0 Å². The molecule has 0 atom stereocenters. The van der Waals surface area contributed by atoms with Crippen molar-refractivity contribution in [1.29, 1.82) is 0 Å². The van der Waals surface area contributed by atoms with Crippen LogP contribution < -0.4 is 0 Å². The van der Waals surface area contributed by atoms with E-state index in [-0.39, 0.29) is 18.4 Å². The molecule has 1 saturated heterocycles. The normalized spacial score (nSPS) is 14.2. The Morgan fingerprint density at radius 1 is 1.07 bits per heavy atom. The summed E-state index contributed by atoms with van der Waals surface area (Å²) in [5.41, 5.74) is 3.53. The second-order valence-electron chi connectivity index (χ2n) is 7.36. The van der Waals surface area contributed by atoms with Crippen LogP contribution in [0.25, 0.3) is 10.9 Å². The molecule has 8 heteroatoms. The highest BCUT2D eigenvalue weighted by atomic mass is 32.1. The predicted molar refractivity (Wildman–Crippen MR) is 115 cm³/mol. The molecule has 0 aliphatic carbocycles. The van der Waals surface area contributed by atoms with Gasteiger partial charge >= 0.3 is 5.97 Å². The van der Waals surface area contributed by atoms with Crippen LogP contribution in [0.3, 0.4) is 0 Å². The Morgan fingerprint density at radius 3 is 2.50 bits per heavy atom. The lowest BCUT2D eigenvalue weighted by molar-refractivity contribution is -0.136. The van der Waals surface area contributed by atoms with Crippen LogP contribution >= 0.6 is 11.3 Å². The highest BCUT2D eigenvalue weighted by molar-refractivity contribution is 7.12. The van der Waals surface area contributed by atoms with Crippen LogP contribution in [-0.4, -0.2) is 65.4 Å². The number of carbonyl (C=O) groups is 3. The summed E-state index contributed by atoms with van der Waals surface area (Å²) < 4.78 is 5.25. The van der Waals surface area contributed by atoms with Crippen molar-refractivity contribution >= 4 is 40.0 Å². The van der Waals surface area contributed by atoms with Crippen molar-refractivity contribution in [1.82, 2.24) is 14.8 Å². The van der Waals surface area contributed by atoms with Gasteiger partial charge in [-0.05, 0) is 49.1 Å². The first-order chi connectivity index (χ1) is 14.4. The molecule has 4 rings (SSSR count). The maximum atomic E-state index is 12.5. The van der Waals surface area contributed by atoms with Crippen molar-refractivity contribution in [3.63, 3.8) is 0 Å². The van der Waals surface area contributed by atoms with Gasteiger partial charge in [0.2, 0.25) is 0 Å². The maximum absolute atomic E-state index is 12.5. The first-order valence-electron chi connectivity index (χ1n) is 9.80. The number of benzene rings is 1. The third-order valence-electron chi connectivity index (χ3n) is 5.52. The predicted octanol–water partition coefficient (Wildman–Crippen LogP) is 2.99. The molecule has 1 aromatic carbocycles. The second kappa shape index (κ2) is 8.31. The van der Waals surface area contributed by atoms with E-state index in [2.05, 4.69) is 4.98 Å². The van der Waals surface area contributed by atoms with Crippen LogP contribution in [0.4, 0.5) is 0 Å². The van der Waals surface area contributed by atoms with Gasteiger partial charge in [0.15, 0.2) is 6.61 Å². The molecule has 1 fully saturated rings. The van der Waals surface area contributed by atoms with E-state index in [1.165, 1.54) is 11.3 Å². The first kappa shape index (κ1) is 20.2. The number of thiophene rings is 1. The molecule has 0 unspecified atom stereocenters. The molecule has 156 valence electrons. The number of hydrogen-bond donors (Lipinski definition) is 1. The van der Waals surface area contributed by atoms with Crippen LogP contribution in [0, 0.1) is 13.8 Å². The van der Waals surface area contributed by atoms with Gasteiger partial charge in [-0.25, -0.2) is 4.79 Å². The monoisotopic (exact) mass is 425 g/mol. The van der Waals surface area contributed by atoms with E-state index >= 15 is 0 Å². The van der Waals surface area contributed by atoms with Crippen molar-refractivity contribution < 1.29 is 19.1 Å². The Hall–Kier alpha value is -3.13. The van der Waals surface area contributed by atoms with E-state index in [0.29, 0.717) is 36.6 Å². The Balaban J connectivity index is 1.30. The number of rotatable bonds is 4. The number of aromatic nitrogens is 1. The Kier molecular flexibility index (Phi) is 5.59. The van der Waals surface area contributed by atoms with Gasteiger partial charge in [0.25, 0.3) is 11.8 Å². The minimum Gasteiger partial charge on any atom is -0.452 e. The number of H-pyrrole nitrogens is 1. The molecule has 2 aromatic heterocycles. The van der Waals surface area contributed by atoms with Gasteiger partial charge in [-0.1, -0.05) is 6.07 Å². The van der Waals surface area contributed by atoms with Gasteiger partial charge < -0.3 is 19.5 Å². The summed E-state index contributed by atoms with van der Waals surface area (Å²) in [5.74, 6) is -0.773.